The van der Waals surface area contributed by atoms with Crippen LogP contribution in [0.5, 0.6) is 0 Å². The minimum Gasteiger partial charge on any atom is -0.384 e. The molecule has 1 fully saturated rings. The molecule has 5 nitrogen and oxygen atoms in total. The predicted molar refractivity (Wildman–Crippen MR) is 76.0 cm³/mol. The Morgan fingerprint density at radius 3 is 2.63 bits per heavy atom. The van der Waals surface area contributed by atoms with Gasteiger partial charge >= 0.3 is 0 Å². The molecule has 1 saturated heterocycles. The molecule has 0 spiro atoms. The van der Waals surface area contributed by atoms with Gasteiger partial charge in [-0.3, -0.25) is 4.79 Å². The Hall–Kier alpha value is -1.62. The number of likely N-dealkylation sites (N-methyl/N-ethyl adjacent to an activating group) is 1. The van der Waals surface area contributed by atoms with Gasteiger partial charge in [-0.1, -0.05) is 13.3 Å². The van der Waals surface area contributed by atoms with Crippen molar-refractivity contribution in [3.05, 3.63) is 23.4 Å². The van der Waals surface area contributed by atoms with Crippen molar-refractivity contribution in [3.8, 4) is 0 Å². The van der Waals surface area contributed by atoms with Crippen LogP contribution in [0.25, 0.3) is 0 Å². The number of pyridine rings is 1. The summed E-state index contributed by atoms with van der Waals surface area (Å²) in [5.41, 5.74) is 7.36. The smallest absolute Gasteiger partial charge is 0.254 e. The summed E-state index contributed by atoms with van der Waals surface area (Å²) in [5, 5.41) is 0. The zero-order valence-electron chi connectivity index (χ0n) is 11.7. The van der Waals surface area contributed by atoms with Crippen LogP contribution in [0.3, 0.4) is 0 Å². The number of piperazine rings is 1. The first kappa shape index (κ1) is 13.8. The van der Waals surface area contributed by atoms with E-state index in [2.05, 4.69) is 23.9 Å². The predicted octanol–water partition coefficient (Wildman–Crippen LogP) is 1.00. The van der Waals surface area contributed by atoms with E-state index in [1.807, 2.05) is 11.0 Å². The molecule has 0 atom stereocenters. The van der Waals surface area contributed by atoms with E-state index in [1.165, 1.54) is 0 Å². The van der Waals surface area contributed by atoms with Crippen LogP contribution in [-0.4, -0.2) is 53.9 Å². The minimum atomic E-state index is 0.0690. The molecule has 2 N–H and O–H groups in total. The number of carbonyl (C=O) groups excluding carboxylic acids is 1. The molecule has 0 unspecified atom stereocenters. The van der Waals surface area contributed by atoms with Gasteiger partial charge in [0.15, 0.2) is 0 Å². The Morgan fingerprint density at radius 2 is 2.00 bits per heavy atom. The third-order valence-electron chi connectivity index (χ3n) is 3.44. The molecule has 0 radical (unpaired) electrons. The summed E-state index contributed by atoms with van der Waals surface area (Å²) in [6.45, 7) is 5.50. The Morgan fingerprint density at radius 1 is 1.32 bits per heavy atom. The highest BCUT2D eigenvalue weighted by atomic mass is 16.2. The van der Waals surface area contributed by atoms with E-state index in [0.717, 1.165) is 44.7 Å². The van der Waals surface area contributed by atoms with Crippen LogP contribution in [0.4, 0.5) is 5.82 Å². The van der Waals surface area contributed by atoms with Crippen molar-refractivity contribution in [3.63, 3.8) is 0 Å². The second-order valence-corrected chi connectivity index (χ2v) is 5.12. The molecule has 1 aromatic heterocycles. The first-order chi connectivity index (χ1) is 9.10. The zero-order valence-corrected chi connectivity index (χ0v) is 11.7. The number of rotatable bonds is 3. The van der Waals surface area contributed by atoms with Crippen molar-refractivity contribution >= 4 is 11.7 Å². The van der Waals surface area contributed by atoms with Crippen molar-refractivity contribution < 1.29 is 4.79 Å². The van der Waals surface area contributed by atoms with Crippen LogP contribution in [0.15, 0.2) is 12.1 Å². The van der Waals surface area contributed by atoms with Crippen LogP contribution in [-0.2, 0) is 6.42 Å². The molecule has 0 bridgehead atoms. The number of hydrogen-bond acceptors (Lipinski definition) is 4. The van der Waals surface area contributed by atoms with Crippen LogP contribution in [0.2, 0.25) is 0 Å². The summed E-state index contributed by atoms with van der Waals surface area (Å²) in [6, 6.07) is 3.56. The first-order valence-corrected chi connectivity index (χ1v) is 6.84. The van der Waals surface area contributed by atoms with Gasteiger partial charge in [0.05, 0.1) is 0 Å². The molecule has 2 rings (SSSR count). The molecule has 19 heavy (non-hydrogen) atoms. The number of carbonyl (C=O) groups is 1. The molecule has 1 aliphatic rings. The lowest BCUT2D eigenvalue weighted by molar-refractivity contribution is 0.0664. The first-order valence-electron chi connectivity index (χ1n) is 6.84. The standard InChI is InChI=1S/C14H22N4O/c1-3-4-12-9-11(10-13(15)16-12)14(19)18-7-5-17(2)6-8-18/h9-10H,3-8H2,1-2H3,(H2,15,16). The van der Waals surface area contributed by atoms with Crippen LogP contribution >= 0.6 is 0 Å². The van der Waals surface area contributed by atoms with E-state index < -0.39 is 0 Å². The van der Waals surface area contributed by atoms with Gasteiger partial charge in [0.25, 0.3) is 5.91 Å². The van der Waals surface area contributed by atoms with E-state index in [4.69, 9.17) is 5.73 Å². The second kappa shape index (κ2) is 6.02. The molecule has 104 valence electrons. The third kappa shape index (κ3) is 3.44. The minimum absolute atomic E-state index is 0.0690. The van der Waals surface area contributed by atoms with Crippen molar-refractivity contribution in [1.82, 2.24) is 14.8 Å². The van der Waals surface area contributed by atoms with Crippen molar-refractivity contribution in [2.75, 3.05) is 39.0 Å². The largest absolute Gasteiger partial charge is 0.384 e. The van der Waals surface area contributed by atoms with E-state index >= 15 is 0 Å². The second-order valence-electron chi connectivity index (χ2n) is 5.12. The number of anilines is 1. The Balaban J connectivity index is 2.14. The molecule has 0 aliphatic carbocycles. The van der Waals surface area contributed by atoms with Crippen LogP contribution in [0.1, 0.15) is 29.4 Å². The maximum Gasteiger partial charge on any atom is 0.254 e. The average Bonchev–Trinajstić information content (AvgIpc) is 2.38. The maximum atomic E-state index is 12.4. The Kier molecular flexibility index (Phi) is 4.37. The number of amides is 1. The number of aryl methyl sites for hydroxylation is 1. The number of nitrogens with two attached hydrogens (primary N) is 1. The van der Waals surface area contributed by atoms with Gasteiger partial charge in [-0.05, 0) is 25.6 Å². The highest BCUT2D eigenvalue weighted by Crippen LogP contribution is 2.13. The number of hydrogen-bond donors (Lipinski definition) is 1. The van der Waals surface area contributed by atoms with Gasteiger partial charge in [-0.2, -0.15) is 0 Å². The highest BCUT2D eigenvalue weighted by molar-refractivity contribution is 5.95. The Labute approximate surface area is 114 Å². The number of nitrogen functional groups attached to an aromatic ring is 1. The van der Waals surface area contributed by atoms with Gasteiger partial charge < -0.3 is 15.5 Å². The molecular formula is C14H22N4O. The lowest BCUT2D eigenvalue weighted by Gasteiger charge is -2.32. The normalized spacial score (nSPS) is 16.6. The van der Waals surface area contributed by atoms with Crippen molar-refractivity contribution in [1.29, 1.82) is 0 Å². The topological polar surface area (TPSA) is 62.5 Å². The number of aromatic nitrogens is 1. The van der Waals surface area contributed by atoms with Gasteiger partial charge in [0, 0.05) is 37.4 Å². The molecular weight excluding hydrogens is 240 g/mol. The molecule has 0 saturated carbocycles. The van der Waals surface area contributed by atoms with E-state index in [0.29, 0.717) is 11.4 Å². The summed E-state index contributed by atoms with van der Waals surface area (Å²) in [6.07, 6.45) is 1.85. The molecule has 1 aliphatic heterocycles. The van der Waals surface area contributed by atoms with Gasteiger partial charge in [0.1, 0.15) is 5.82 Å². The average molecular weight is 262 g/mol. The lowest BCUT2D eigenvalue weighted by atomic mass is 10.1. The van der Waals surface area contributed by atoms with Gasteiger partial charge in [-0.25, -0.2) is 4.98 Å². The zero-order chi connectivity index (χ0) is 13.8. The summed E-state index contributed by atoms with van der Waals surface area (Å²) >= 11 is 0. The van der Waals surface area contributed by atoms with Crippen LogP contribution < -0.4 is 5.73 Å². The summed E-state index contributed by atoms with van der Waals surface area (Å²) in [4.78, 5) is 20.8. The molecule has 2 heterocycles. The van der Waals surface area contributed by atoms with Crippen molar-refractivity contribution in [2.45, 2.75) is 19.8 Å². The van der Waals surface area contributed by atoms with E-state index in [9.17, 15) is 4.79 Å². The fourth-order valence-corrected chi connectivity index (χ4v) is 2.31. The molecule has 1 aromatic rings. The summed E-state index contributed by atoms with van der Waals surface area (Å²) in [7, 11) is 2.07. The monoisotopic (exact) mass is 262 g/mol. The lowest BCUT2D eigenvalue weighted by Crippen LogP contribution is -2.47. The van der Waals surface area contributed by atoms with E-state index in [-0.39, 0.29) is 5.91 Å². The van der Waals surface area contributed by atoms with Crippen molar-refractivity contribution in [2.24, 2.45) is 0 Å². The van der Waals surface area contributed by atoms with Crippen LogP contribution in [0, 0.1) is 0 Å². The Bertz CT molecular complexity index is 453. The molecule has 0 aromatic carbocycles. The SMILES string of the molecule is CCCc1cc(C(=O)N2CCN(C)CC2)cc(N)n1. The van der Waals surface area contributed by atoms with Gasteiger partial charge in [0.2, 0.25) is 0 Å². The summed E-state index contributed by atoms with van der Waals surface area (Å²) < 4.78 is 0. The van der Waals surface area contributed by atoms with Gasteiger partial charge in [-0.15, -0.1) is 0 Å². The highest BCUT2D eigenvalue weighted by Gasteiger charge is 2.21. The molecule has 1 amide bonds. The fourth-order valence-electron chi connectivity index (χ4n) is 2.31. The quantitative estimate of drug-likeness (QED) is 0.883. The number of nitrogens with zero attached hydrogens (tertiary/aromatic N) is 3. The summed E-state index contributed by atoms with van der Waals surface area (Å²) in [5.74, 6) is 0.503. The van der Waals surface area contributed by atoms with E-state index in [1.54, 1.807) is 6.07 Å². The third-order valence-corrected chi connectivity index (χ3v) is 3.44. The maximum absolute atomic E-state index is 12.4. The fraction of sp³-hybridized carbons (Fsp3) is 0.571. The molecule has 5 heteroatoms.